The van der Waals surface area contributed by atoms with Crippen LogP contribution in [0, 0.1) is 0 Å². The zero-order valence-corrected chi connectivity index (χ0v) is 14.9. The molecule has 0 heterocycles. The third-order valence-corrected chi connectivity index (χ3v) is 4.31. The van der Waals surface area contributed by atoms with Gasteiger partial charge in [-0.25, -0.2) is 0 Å². The molecule has 0 aromatic heterocycles. The monoisotopic (exact) mass is 359 g/mol. The summed E-state index contributed by atoms with van der Waals surface area (Å²) in [6, 6.07) is 8.16. The number of rotatable bonds is 11. The Bertz CT molecular complexity index is 357. The van der Waals surface area contributed by atoms with E-state index in [9.17, 15) is 0 Å². The molecule has 0 unspecified atom stereocenters. The van der Waals surface area contributed by atoms with Crippen molar-refractivity contribution in [2.24, 2.45) is 0 Å². The second-order valence-electron chi connectivity index (χ2n) is 5.53. The molecule has 0 radical (unpaired) electrons. The van der Waals surface area contributed by atoms with Gasteiger partial charge in [-0.2, -0.15) is 0 Å². The summed E-state index contributed by atoms with van der Waals surface area (Å²) in [5.41, 5.74) is 1.30. The fourth-order valence-corrected chi connectivity index (χ4v) is 3.00. The third kappa shape index (κ3) is 8.99. The van der Waals surface area contributed by atoms with Crippen molar-refractivity contribution < 1.29 is 0 Å². The first kappa shape index (κ1) is 18.0. The maximum atomic E-state index is 6.00. The number of benzene rings is 1. The molecule has 0 saturated heterocycles. The van der Waals surface area contributed by atoms with Crippen LogP contribution in [-0.2, 0) is 6.54 Å². The predicted molar refractivity (Wildman–Crippen MR) is 93.9 cm³/mol. The summed E-state index contributed by atoms with van der Waals surface area (Å²) < 4.78 is 0. The van der Waals surface area contributed by atoms with Crippen molar-refractivity contribution in [3.05, 3.63) is 34.9 Å². The minimum Gasteiger partial charge on any atom is -0.302 e. The maximum Gasteiger partial charge on any atom is 0.0409 e. The Labute approximate surface area is 137 Å². The highest BCUT2D eigenvalue weighted by molar-refractivity contribution is 9.09. The number of alkyl halides is 1. The zero-order chi connectivity index (χ0) is 14.6. The van der Waals surface area contributed by atoms with E-state index < -0.39 is 0 Å². The van der Waals surface area contributed by atoms with Crippen molar-refractivity contribution in [1.29, 1.82) is 0 Å². The van der Waals surface area contributed by atoms with Gasteiger partial charge in [0.05, 0.1) is 0 Å². The lowest BCUT2D eigenvalue weighted by Crippen LogP contribution is -2.19. The van der Waals surface area contributed by atoms with Crippen molar-refractivity contribution in [2.75, 3.05) is 18.9 Å². The lowest BCUT2D eigenvalue weighted by atomic mass is 10.1. The minimum atomic E-state index is 0.833. The number of hydrogen-bond acceptors (Lipinski definition) is 1. The van der Waals surface area contributed by atoms with E-state index in [2.05, 4.69) is 40.0 Å². The van der Waals surface area contributed by atoms with Crippen molar-refractivity contribution in [2.45, 2.75) is 51.5 Å². The Morgan fingerprint density at radius 2 is 1.65 bits per heavy atom. The van der Waals surface area contributed by atoms with E-state index in [1.54, 1.807) is 0 Å². The molecule has 0 atom stereocenters. The van der Waals surface area contributed by atoms with Crippen molar-refractivity contribution >= 4 is 27.5 Å². The summed E-state index contributed by atoms with van der Waals surface area (Å²) in [6.45, 7) is 2.17. The van der Waals surface area contributed by atoms with E-state index in [-0.39, 0.29) is 0 Å². The molecular weight excluding hydrogens is 334 g/mol. The minimum absolute atomic E-state index is 0.833. The summed E-state index contributed by atoms with van der Waals surface area (Å²) in [5.74, 6) is 0. The van der Waals surface area contributed by atoms with Crippen LogP contribution in [0.1, 0.15) is 50.5 Å². The zero-order valence-electron chi connectivity index (χ0n) is 12.6. The Balaban J connectivity index is 2.01. The van der Waals surface area contributed by atoms with Crippen LogP contribution in [-0.4, -0.2) is 23.8 Å². The highest BCUT2D eigenvalue weighted by Gasteiger charge is 2.01. The standard InChI is InChI=1S/C17H27BrClN/c1-20(15-16-10-9-11-17(19)14-16)13-8-6-4-2-3-5-7-12-18/h9-11,14H,2-8,12-13,15H2,1H3. The van der Waals surface area contributed by atoms with Crippen LogP contribution in [0.5, 0.6) is 0 Å². The lowest BCUT2D eigenvalue weighted by Gasteiger charge is -2.16. The van der Waals surface area contributed by atoms with Gasteiger partial charge in [0.15, 0.2) is 0 Å². The highest BCUT2D eigenvalue weighted by atomic mass is 79.9. The third-order valence-electron chi connectivity index (χ3n) is 3.51. The summed E-state index contributed by atoms with van der Waals surface area (Å²) in [4.78, 5) is 2.39. The molecule has 0 aliphatic rings. The van der Waals surface area contributed by atoms with Crippen molar-refractivity contribution in [3.8, 4) is 0 Å². The van der Waals surface area contributed by atoms with Gasteiger partial charge in [-0.1, -0.05) is 71.8 Å². The van der Waals surface area contributed by atoms with Gasteiger partial charge in [-0.3, -0.25) is 0 Å². The van der Waals surface area contributed by atoms with Crippen LogP contribution >= 0.6 is 27.5 Å². The Morgan fingerprint density at radius 3 is 2.30 bits per heavy atom. The molecule has 0 spiro atoms. The van der Waals surface area contributed by atoms with Crippen molar-refractivity contribution in [3.63, 3.8) is 0 Å². The van der Waals surface area contributed by atoms with E-state index in [1.807, 2.05) is 12.1 Å². The molecule has 0 N–H and O–H groups in total. The molecule has 0 amide bonds. The molecule has 0 bridgehead atoms. The van der Waals surface area contributed by atoms with E-state index in [0.29, 0.717) is 0 Å². The van der Waals surface area contributed by atoms with Gasteiger partial charge < -0.3 is 4.90 Å². The van der Waals surface area contributed by atoms with Gasteiger partial charge in [-0.05, 0) is 44.1 Å². The molecular formula is C17H27BrClN. The molecule has 114 valence electrons. The molecule has 1 rings (SSSR count). The lowest BCUT2D eigenvalue weighted by molar-refractivity contribution is 0.316. The first-order valence-electron chi connectivity index (χ1n) is 7.71. The topological polar surface area (TPSA) is 3.24 Å². The van der Waals surface area contributed by atoms with Gasteiger partial charge in [0.2, 0.25) is 0 Å². The number of unbranched alkanes of at least 4 members (excludes halogenated alkanes) is 6. The van der Waals surface area contributed by atoms with Crippen LogP contribution in [0.2, 0.25) is 5.02 Å². The van der Waals surface area contributed by atoms with E-state index in [4.69, 9.17) is 11.6 Å². The molecule has 0 aliphatic heterocycles. The molecule has 3 heteroatoms. The van der Waals surface area contributed by atoms with E-state index in [0.717, 1.165) is 16.9 Å². The molecule has 0 fully saturated rings. The number of halogens is 2. The second kappa shape index (κ2) is 11.6. The van der Waals surface area contributed by atoms with Crippen LogP contribution in [0.4, 0.5) is 0 Å². The Morgan fingerprint density at radius 1 is 1.00 bits per heavy atom. The molecule has 20 heavy (non-hydrogen) atoms. The first-order valence-corrected chi connectivity index (χ1v) is 9.21. The normalized spacial score (nSPS) is 11.2. The maximum absolute atomic E-state index is 6.00. The largest absolute Gasteiger partial charge is 0.302 e. The predicted octanol–water partition coefficient (Wildman–Crippen LogP) is 5.90. The Hall–Kier alpha value is -0.0500. The smallest absolute Gasteiger partial charge is 0.0409 e. The molecule has 1 nitrogen and oxygen atoms in total. The Kier molecular flexibility index (Phi) is 10.4. The summed E-state index contributed by atoms with van der Waals surface area (Å²) in [7, 11) is 2.19. The second-order valence-corrected chi connectivity index (χ2v) is 6.76. The summed E-state index contributed by atoms with van der Waals surface area (Å²) in [5, 5.41) is 1.99. The quantitative estimate of drug-likeness (QED) is 0.351. The average Bonchev–Trinajstić information content (AvgIpc) is 2.42. The highest BCUT2D eigenvalue weighted by Crippen LogP contribution is 2.13. The van der Waals surface area contributed by atoms with Crippen LogP contribution in [0.3, 0.4) is 0 Å². The van der Waals surface area contributed by atoms with Gasteiger partial charge in [0.1, 0.15) is 0 Å². The first-order chi connectivity index (χ1) is 9.72. The van der Waals surface area contributed by atoms with E-state index >= 15 is 0 Å². The van der Waals surface area contributed by atoms with Crippen LogP contribution in [0.25, 0.3) is 0 Å². The van der Waals surface area contributed by atoms with Gasteiger partial charge in [0, 0.05) is 16.9 Å². The molecule has 0 aliphatic carbocycles. The summed E-state index contributed by atoms with van der Waals surface area (Å²) >= 11 is 9.48. The van der Waals surface area contributed by atoms with Gasteiger partial charge in [0.25, 0.3) is 0 Å². The molecule has 0 saturated carbocycles. The van der Waals surface area contributed by atoms with Crippen molar-refractivity contribution in [1.82, 2.24) is 4.90 Å². The average molecular weight is 361 g/mol. The number of nitrogens with zero attached hydrogens (tertiary/aromatic N) is 1. The van der Waals surface area contributed by atoms with Crippen LogP contribution in [0.15, 0.2) is 24.3 Å². The summed E-state index contributed by atoms with van der Waals surface area (Å²) in [6.07, 6.45) is 9.52. The molecule has 1 aromatic rings. The molecule has 1 aromatic carbocycles. The fourth-order valence-electron chi connectivity index (χ4n) is 2.39. The SMILES string of the molecule is CN(CCCCCCCCCBr)Cc1cccc(Cl)c1. The van der Waals surface area contributed by atoms with E-state index in [1.165, 1.54) is 57.1 Å². The fraction of sp³-hybridized carbons (Fsp3) is 0.647. The number of hydrogen-bond donors (Lipinski definition) is 0. The van der Waals surface area contributed by atoms with Gasteiger partial charge >= 0.3 is 0 Å². The van der Waals surface area contributed by atoms with Crippen LogP contribution < -0.4 is 0 Å². The van der Waals surface area contributed by atoms with Gasteiger partial charge in [-0.15, -0.1) is 0 Å².